The highest BCUT2D eigenvalue weighted by atomic mass is 127. The number of rotatable bonds is 4. The van der Waals surface area contributed by atoms with Gasteiger partial charge in [-0.3, -0.25) is 0 Å². The molecule has 1 N–H and O–H groups in total. The summed E-state index contributed by atoms with van der Waals surface area (Å²) >= 11 is 9.74. The lowest BCUT2D eigenvalue weighted by molar-refractivity contribution is 0.0519. The molecular formula is C13H12ClIN2O2S. The van der Waals surface area contributed by atoms with E-state index in [9.17, 15) is 4.79 Å². The SMILES string of the molecule is CCOC(=O)c1nc(Nc2ccc(I)cc2Cl)sc1C. The number of esters is 1. The average Bonchev–Trinajstić information content (AvgIpc) is 2.74. The number of aryl methyl sites for hydroxylation is 1. The summed E-state index contributed by atoms with van der Waals surface area (Å²) in [7, 11) is 0. The van der Waals surface area contributed by atoms with Gasteiger partial charge in [-0.2, -0.15) is 0 Å². The molecule has 0 radical (unpaired) electrons. The van der Waals surface area contributed by atoms with Gasteiger partial charge in [0.2, 0.25) is 0 Å². The highest BCUT2D eigenvalue weighted by Crippen LogP contribution is 2.30. The monoisotopic (exact) mass is 422 g/mol. The number of thiazole rings is 1. The van der Waals surface area contributed by atoms with Gasteiger partial charge in [-0.1, -0.05) is 11.6 Å². The molecule has 7 heteroatoms. The number of nitrogens with zero attached hydrogens (tertiary/aromatic N) is 1. The standard InChI is InChI=1S/C13H12ClIN2O2S/c1-3-19-12(18)11-7(2)20-13(17-11)16-10-5-4-8(15)6-9(10)14/h4-6H,3H2,1-2H3,(H,16,17). The second-order valence-corrected chi connectivity index (χ2v) is 6.75. The van der Waals surface area contributed by atoms with Gasteiger partial charge in [-0.25, -0.2) is 9.78 Å². The van der Waals surface area contributed by atoms with Gasteiger partial charge in [0.25, 0.3) is 0 Å². The molecule has 0 fully saturated rings. The number of carbonyl (C=O) groups excluding carboxylic acids is 1. The van der Waals surface area contributed by atoms with Gasteiger partial charge in [-0.15, -0.1) is 11.3 Å². The van der Waals surface area contributed by atoms with Crippen LogP contribution >= 0.6 is 45.5 Å². The first-order chi connectivity index (χ1) is 9.51. The van der Waals surface area contributed by atoms with Crippen LogP contribution in [0, 0.1) is 10.5 Å². The van der Waals surface area contributed by atoms with E-state index in [2.05, 4.69) is 32.9 Å². The summed E-state index contributed by atoms with van der Waals surface area (Å²) in [6.07, 6.45) is 0. The van der Waals surface area contributed by atoms with E-state index < -0.39 is 5.97 Å². The Labute approximate surface area is 139 Å². The summed E-state index contributed by atoms with van der Waals surface area (Å²) < 4.78 is 6.02. The number of aromatic nitrogens is 1. The van der Waals surface area contributed by atoms with E-state index in [0.717, 1.165) is 14.1 Å². The van der Waals surface area contributed by atoms with Crippen LogP contribution in [0.4, 0.5) is 10.8 Å². The summed E-state index contributed by atoms with van der Waals surface area (Å²) in [6, 6.07) is 5.68. The molecule has 0 amide bonds. The lowest BCUT2D eigenvalue weighted by Gasteiger charge is -2.05. The molecule has 0 saturated carbocycles. The van der Waals surface area contributed by atoms with E-state index in [0.29, 0.717) is 22.5 Å². The van der Waals surface area contributed by atoms with Crippen molar-refractivity contribution in [2.75, 3.05) is 11.9 Å². The molecule has 1 aromatic heterocycles. The molecule has 20 heavy (non-hydrogen) atoms. The lowest BCUT2D eigenvalue weighted by atomic mass is 10.3. The molecule has 4 nitrogen and oxygen atoms in total. The number of hydrogen-bond acceptors (Lipinski definition) is 5. The number of nitrogens with one attached hydrogen (secondary N) is 1. The van der Waals surface area contributed by atoms with Crippen molar-refractivity contribution in [2.24, 2.45) is 0 Å². The number of carbonyl (C=O) groups is 1. The summed E-state index contributed by atoms with van der Waals surface area (Å²) in [6.45, 7) is 3.94. The van der Waals surface area contributed by atoms with Crippen LogP contribution in [0.2, 0.25) is 5.02 Å². The van der Waals surface area contributed by atoms with Crippen molar-refractivity contribution in [3.05, 3.63) is 37.4 Å². The van der Waals surface area contributed by atoms with Crippen LogP contribution in [-0.4, -0.2) is 17.6 Å². The first kappa shape index (κ1) is 15.5. The molecule has 0 atom stereocenters. The Bertz CT molecular complexity index is 645. The largest absolute Gasteiger partial charge is 0.461 e. The fraction of sp³-hybridized carbons (Fsp3) is 0.231. The number of halogens is 2. The zero-order valence-electron chi connectivity index (χ0n) is 10.9. The van der Waals surface area contributed by atoms with Crippen molar-refractivity contribution in [1.82, 2.24) is 4.98 Å². The highest BCUT2D eigenvalue weighted by Gasteiger charge is 2.16. The van der Waals surface area contributed by atoms with Crippen LogP contribution in [-0.2, 0) is 4.74 Å². The number of anilines is 2. The van der Waals surface area contributed by atoms with Crippen molar-refractivity contribution < 1.29 is 9.53 Å². The first-order valence-corrected chi connectivity index (χ1v) is 8.15. The van der Waals surface area contributed by atoms with Crippen molar-refractivity contribution in [1.29, 1.82) is 0 Å². The summed E-state index contributed by atoms with van der Waals surface area (Å²) in [5.41, 5.74) is 1.11. The van der Waals surface area contributed by atoms with Crippen LogP contribution in [0.15, 0.2) is 18.2 Å². The van der Waals surface area contributed by atoms with E-state index in [1.54, 1.807) is 6.92 Å². The Morgan fingerprint density at radius 1 is 1.55 bits per heavy atom. The molecule has 2 rings (SSSR count). The number of benzene rings is 1. The van der Waals surface area contributed by atoms with Gasteiger partial charge in [0.15, 0.2) is 10.8 Å². The second kappa shape index (κ2) is 6.73. The fourth-order valence-corrected chi connectivity index (χ4v) is 3.26. The Hall–Kier alpha value is -0.860. The van der Waals surface area contributed by atoms with E-state index >= 15 is 0 Å². The first-order valence-electron chi connectivity index (χ1n) is 5.88. The molecule has 0 aliphatic heterocycles. The van der Waals surface area contributed by atoms with Gasteiger partial charge in [0.1, 0.15) is 0 Å². The third-order valence-corrected chi connectivity index (χ3v) is 4.31. The molecule has 1 aromatic carbocycles. The minimum absolute atomic E-state index is 0.335. The maximum atomic E-state index is 11.7. The third kappa shape index (κ3) is 3.62. The smallest absolute Gasteiger partial charge is 0.358 e. The molecule has 106 valence electrons. The van der Waals surface area contributed by atoms with E-state index in [4.69, 9.17) is 16.3 Å². The van der Waals surface area contributed by atoms with Crippen LogP contribution in [0.1, 0.15) is 22.3 Å². The molecule has 0 saturated heterocycles. The molecular weight excluding hydrogens is 411 g/mol. The van der Waals surface area contributed by atoms with Crippen LogP contribution in [0.5, 0.6) is 0 Å². The van der Waals surface area contributed by atoms with E-state index in [1.807, 2.05) is 25.1 Å². The molecule has 0 spiro atoms. The maximum Gasteiger partial charge on any atom is 0.358 e. The highest BCUT2D eigenvalue weighted by molar-refractivity contribution is 14.1. The lowest BCUT2D eigenvalue weighted by Crippen LogP contribution is -2.06. The topological polar surface area (TPSA) is 51.2 Å². The van der Waals surface area contributed by atoms with Crippen LogP contribution < -0.4 is 5.32 Å². The number of hydrogen-bond donors (Lipinski definition) is 1. The van der Waals surface area contributed by atoms with Crippen LogP contribution in [0.25, 0.3) is 0 Å². The molecule has 0 aliphatic rings. The predicted molar refractivity (Wildman–Crippen MR) is 90.3 cm³/mol. The maximum absolute atomic E-state index is 11.7. The van der Waals surface area contributed by atoms with Crippen molar-refractivity contribution in [3.63, 3.8) is 0 Å². The van der Waals surface area contributed by atoms with Crippen molar-refractivity contribution in [3.8, 4) is 0 Å². The summed E-state index contributed by atoms with van der Waals surface area (Å²) in [5, 5.41) is 4.35. The Morgan fingerprint density at radius 2 is 2.30 bits per heavy atom. The summed E-state index contributed by atoms with van der Waals surface area (Å²) in [5.74, 6) is -0.400. The Kier molecular flexibility index (Phi) is 5.22. The molecule has 0 unspecified atom stereocenters. The van der Waals surface area contributed by atoms with Gasteiger partial charge >= 0.3 is 5.97 Å². The van der Waals surface area contributed by atoms with Gasteiger partial charge in [-0.05, 0) is 54.6 Å². The van der Waals surface area contributed by atoms with Gasteiger partial charge in [0.05, 0.1) is 17.3 Å². The second-order valence-electron chi connectivity index (χ2n) is 3.89. The van der Waals surface area contributed by atoms with Crippen molar-refractivity contribution >= 4 is 62.3 Å². The van der Waals surface area contributed by atoms with E-state index in [-0.39, 0.29) is 0 Å². The third-order valence-electron chi connectivity index (χ3n) is 2.44. The zero-order chi connectivity index (χ0) is 14.7. The van der Waals surface area contributed by atoms with Gasteiger partial charge in [0, 0.05) is 8.45 Å². The minimum atomic E-state index is -0.400. The summed E-state index contributed by atoms with van der Waals surface area (Å²) in [4.78, 5) is 16.8. The Balaban J connectivity index is 2.22. The molecule has 1 heterocycles. The minimum Gasteiger partial charge on any atom is -0.461 e. The fourth-order valence-electron chi connectivity index (χ4n) is 1.54. The average molecular weight is 423 g/mol. The quantitative estimate of drug-likeness (QED) is 0.576. The number of ether oxygens (including phenoxy) is 1. The predicted octanol–water partition coefficient (Wildman–Crippen LogP) is 4.63. The normalized spacial score (nSPS) is 10.4. The molecule has 0 aliphatic carbocycles. The van der Waals surface area contributed by atoms with E-state index in [1.165, 1.54) is 11.3 Å². The zero-order valence-corrected chi connectivity index (χ0v) is 14.6. The van der Waals surface area contributed by atoms with Gasteiger partial charge < -0.3 is 10.1 Å². The Morgan fingerprint density at radius 3 is 2.95 bits per heavy atom. The van der Waals surface area contributed by atoms with Crippen molar-refractivity contribution in [2.45, 2.75) is 13.8 Å². The van der Waals surface area contributed by atoms with Crippen LogP contribution in [0.3, 0.4) is 0 Å². The molecule has 2 aromatic rings. The molecule has 0 bridgehead atoms.